The van der Waals surface area contributed by atoms with Gasteiger partial charge in [-0.1, -0.05) is 12.8 Å². The van der Waals surface area contributed by atoms with Gasteiger partial charge >= 0.3 is 0 Å². The van der Waals surface area contributed by atoms with E-state index < -0.39 is 0 Å². The summed E-state index contributed by atoms with van der Waals surface area (Å²) in [5.41, 5.74) is 10.5. The van der Waals surface area contributed by atoms with E-state index in [2.05, 4.69) is 22.3 Å². The number of rotatable bonds is 13. The van der Waals surface area contributed by atoms with Crippen LogP contribution in [0.5, 0.6) is 11.5 Å². The molecule has 8 heteroatoms. The van der Waals surface area contributed by atoms with Gasteiger partial charge in [-0.25, -0.2) is 0 Å². The lowest BCUT2D eigenvalue weighted by Gasteiger charge is -2.18. The quantitative estimate of drug-likeness (QED) is 0.285. The van der Waals surface area contributed by atoms with Gasteiger partial charge in [0, 0.05) is 35.9 Å². The smallest absolute Gasteiger partial charge is 0.290 e. The van der Waals surface area contributed by atoms with Gasteiger partial charge in [0.2, 0.25) is 0 Å². The summed E-state index contributed by atoms with van der Waals surface area (Å²) in [6, 6.07) is 4.20. The van der Waals surface area contributed by atoms with Gasteiger partial charge in [0.15, 0.2) is 11.5 Å². The molecular formula is C27H42N4O4. The molecule has 194 valence electrons. The average molecular weight is 487 g/mol. The number of fused-ring (bicyclic) bond motifs is 2. The van der Waals surface area contributed by atoms with Crippen LogP contribution in [0.3, 0.4) is 0 Å². The number of nitrogens with one attached hydrogen (secondary N) is 1. The normalized spacial score (nSPS) is 14.9. The number of aromatic nitrogens is 1. The van der Waals surface area contributed by atoms with Crippen molar-refractivity contribution in [3.05, 3.63) is 23.4 Å². The van der Waals surface area contributed by atoms with Crippen LogP contribution in [0.4, 0.5) is 5.69 Å². The van der Waals surface area contributed by atoms with Crippen LogP contribution in [-0.4, -0.2) is 67.9 Å². The second kappa shape index (κ2) is 14.7. The summed E-state index contributed by atoms with van der Waals surface area (Å²) in [5.74, 6) is 1.60. The SMILES string of the molecule is COc1cc2c(NCCCCCCN)c3c(nc2cc1OCCCN1CCCC1)CCC3.O=CO. The van der Waals surface area contributed by atoms with Crippen molar-refractivity contribution >= 4 is 23.1 Å². The Morgan fingerprint density at radius 1 is 1.09 bits per heavy atom. The fourth-order valence-corrected chi connectivity index (χ4v) is 5.06. The maximum absolute atomic E-state index is 8.36. The molecular weight excluding hydrogens is 444 g/mol. The number of nitrogens with two attached hydrogens (primary N) is 1. The highest BCUT2D eigenvalue weighted by Gasteiger charge is 2.21. The molecule has 0 amide bonds. The summed E-state index contributed by atoms with van der Waals surface area (Å²) < 4.78 is 11.9. The van der Waals surface area contributed by atoms with Crippen LogP contribution < -0.4 is 20.5 Å². The number of pyridine rings is 1. The molecule has 2 aromatic rings. The van der Waals surface area contributed by atoms with Crippen LogP contribution in [0, 0.1) is 0 Å². The Labute approximate surface area is 209 Å². The number of hydrogen-bond acceptors (Lipinski definition) is 7. The molecule has 1 aromatic carbocycles. The number of nitrogens with zero attached hydrogens (tertiary/aromatic N) is 2. The molecule has 1 saturated heterocycles. The first-order chi connectivity index (χ1) is 17.2. The predicted molar refractivity (Wildman–Crippen MR) is 141 cm³/mol. The summed E-state index contributed by atoms with van der Waals surface area (Å²) >= 11 is 0. The second-order valence-corrected chi connectivity index (χ2v) is 9.27. The van der Waals surface area contributed by atoms with Crippen LogP contribution in [0.25, 0.3) is 10.9 Å². The molecule has 0 saturated carbocycles. The molecule has 1 fully saturated rings. The van der Waals surface area contributed by atoms with Crippen molar-refractivity contribution in [3.63, 3.8) is 0 Å². The Morgan fingerprint density at radius 2 is 1.86 bits per heavy atom. The molecule has 0 spiro atoms. The molecule has 35 heavy (non-hydrogen) atoms. The molecule has 8 nitrogen and oxygen atoms in total. The highest BCUT2D eigenvalue weighted by atomic mass is 16.5. The molecule has 0 atom stereocenters. The van der Waals surface area contributed by atoms with Gasteiger partial charge in [-0.3, -0.25) is 9.78 Å². The fourth-order valence-electron chi connectivity index (χ4n) is 5.06. The molecule has 0 bridgehead atoms. The van der Waals surface area contributed by atoms with Gasteiger partial charge in [-0.05, 0) is 82.6 Å². The zero-order chi connectivity index (χ0) is 24.9. The first-order valence-electron chi connectivity index (χ1n) is 13.1. The average Bonchev–Trinajstić information content (AvgIpc) is 3.55. The number of benzene rings is 1. The van der Waals surface area contributed by atoms with E-state index in [4.69, 9.17) is 30.1 Å². The minimum Gasteiger partial charge on any atom is -0.493 e. The van der Waals surface area contributed by atoms with Crippen molar-refractivity contribution in [2.24, 2.45) is 5.73 Å². The van der Waals surface area contributed by atoms with E-state index in [1.54, 1.807) is 7.11 Å². The van der Waals surface area contributed by atoms with E-state index in [1.807, 2.05) is 0 Å². The van der Waals surface area contributed by atoms with Crippen LogP contribution in [0.1, 0.15) is 62.6 Å². The number of aryl methyl sites for hydroxylation is 1. The first kappa shape index (κ1) is 27.0. The molecule has 1 aliphatic carbocycles. The van der Waals surface area contributed by atoms with E-state index in [0.29, 0.717) is 6.61 Å². The van der Waals surface area contributed by atoms with E-state index in [1.165, 1.54) is 62.1 Å². The topological polar surface area (TPSA) is 110 Å². The van der Waals surface area contributed by atoms with Crippen LogP contribution in [0.2, 0.25) is 0 Å². The monoisotopic (exact) mass is 486 g/mol. The molecule has 0 radical (unpaired) electrons. The predicted octanol–water partition coefficient (Wildman–Crippen LogP) is 4.23. The minimum atomic E-state index is -0.250. The van der Waals surface area contributed by atoms with Crippen LogP contribution in [-0.2, 0) is 17.6 Å². The Kier molecular flexibility index (Phi) is 11.4. The van der Waals surface area contributed by atoms with Crippen molar-refractivity contribution in [3.8, 4) is 11.5 Å². The third kappa shape index (κ3) is 7.70. The zero-order valence-electron chi connectivity index (χ0n) is 21.2. The van der Waals surface area contributed by atoms with Gasteiger partial charge < -0.3 is 30.5 Å². The van der Waals surface area contributed by atoms with Crippen LogP contribution >= 0.6 is 0 Å². The Balaban J connectivity index is 0.00000108. The molecule has 1 aliphatic heterocycles. The number of ether oxygens (including phenoxy) is 2. The van der Waals surface area contributed by atoms with E-state index in [0.717, 1.165) is 74.1 Å². The summed E-state index contributed by atoms with van der Waals surface area (Å²) in [6.45, 7) is 5.80. The summed E-state index contributed by atoms with van der Waals surface area (Å²) in [5, 5.41) is 11.8. The zero-order valence-corrected chi connectivity index (χ0v) is 21.2. The highest BCUT2D eigenvalue weighted by Crippen LogP contribution is 2.39. The Bertz CT molecular complexity index is 931. The number of likely N-dealkylation sites (tertiary alicyclic amines) is 1. The van der Waals surface area contributed by atoms with Crippen LogP contribution in [0.15, 0.2) is 12.1 Å². The maximum atomic E-state index is 8.36. The summed E-state index contributed by atoms with van der Waals surface area (Å²) in [6.07, 6.45) is 11.8. The molecule has 2 aliphatic rings. The number of carbonyl (C=O) groups is 1. The molecule has 0 unspecified atom stereocenters. The lowest BCUT2D eigenvalue weighted by atomic mass is 10.1. The molecule has 4 N–H and O–H groups in total. The van der Waals surface area contributed by atoms with E-state index in [-0.39, 0.29) is 6.47 Å². The van der Waals surface area contributed by atoms with Gasteiger partial charge in [0.25, 0.3) is 6.47 Å². The van der Waals surface area contributed by atoms with Crippen molar-refractivity contribution < 1.29 is 19.4 Å². The maximum Gasteiger partial charge on any atom is 0.290 e. The number of unbranched alkanes of at least 4 members (excludes halogenated alkanes) is 3. The number of hydrogen-bond donors (Lipinski definition) is 3. The summed E-state index contributed by atoms with van der Waals surface area (Å²) in [4.78, 5) is 15.9. The lowest BCUT2D eigenvalue weighted by molar-refractivity contribution is -0.122. The Morgan fingerprint density at radius 3 is 2.60 bits per heavy atom. The fraction of sp³-hybridized carbons (Fsp3) is 0.630. The van der Waals surface area contributed by atoms with Gasteiger partial charge in [-0.2, -0.15) is 0 Å². The second-order valence-electron chi connectivity index (χ2n) is 9.27. The van der Waals surface area contributed by atoms with Gasteiger partial charge in [-0.15, -0.1) is 0 Å². The number of methoxy groups -OCH3 is 1. The van der Waals surface area contributed by atoms with Gasteiger partial charge in [0.05, 0.1) is 19.2 Å². The lowest BCUT2D eigenvalue weighted by Crippen LogP contribution is -2.21. The van der Waals surface area contributed by atoms with Crippen molar-refractivity contribution in [2.45, 2.75) is 64.2 Å². The minimum absolute atomic E-state index is 0.250. The van der Waals surface area contributed by atoms with Gasteiger partial charge in [0.1, 0.15) is 0 Å². The van der Waals surface area contributed by atoms with E-state index >= 15 is 0 Å². The van der Waals surface area contributed by atoms with Crippen molar-refractivity contribution in [1.29, 1.82) is 0 Å². The highest BCUT2D eigenvalue weighted by molar-refractivity contribution is 5.96. The molecule has 1 aromatic heterocycles. The standard InChI is InChI=1S/C26H40N4O2.CH2O2/c1-31-24-18-21-23(19-25(24)32-17-9-16-30-14-6-7-15-30)29-22-11-8-10-20(22)26(21)28-13-5-3-2-4-12-27;2-1-3/h18-19H,2-17,27H2,1H3,(H,28,29);1H,(H,2,3). The first-order valence-corrected chi connectivity index (χ1v) is 13.1. The largest absolute Gasteiger partial charge is 0.493 e. The number of carboxylic acid groups (broad SMARTS) is 1. The van der Waals surface area contributed by atoms with Crippen molar-refractivity contribution in [1.82, 2.24) is 9.88 Å². The molecule has 2 heterocycles. The van der Waals surface area contributed by atoms with Crippen molar-refractivity contribution in [2.75, 3.05) is 51.8 Å². The van der Waals surface area contributed by atoms with E-state index in [9.17, 15) is 0 Å². The summed E-state index contributed by atoms with van der Waals surface area (Å²) in [7, 11) is 1.73. The third-order valence-corrected chi connectivity index (χ3v) is 6.80. The third-order valence-electron chi connectivity index (χ3n) is 6.80. The molecule has 4 rings (SSSR count). The number of anilines is 1. The Hall–Kier alpha value is -2.58.